The molecule has 2 heterocycles. The topological polar surface area (TPSA) is 105 Å². The van der Waals surface area contributed by atoms with E-state index in [4.69, 9.17) is 14.8 Å². The van der Waals surface area contributed by atoms with E-state index in [9.17, 15) is 4.79 Å². The van der Waals surface area contributed by atoms with Crippen LogP contribution in [0.2, 0.25) is 0 Å². The van der Waals surface area contributed by atoms with Gasteiger partial charge in [0, 0.05) is 0 Å². The summed E-state index contributed by atoms with van der Waals surface area (Å²) in [6.07, 6.45) is 2.53. The average Bonchev–Trinajstić information content (AvgIpc) is 2.87. The summed E-state index contributed by atoms with van der Waals surface area (Å²) < 4.78 is 6.41. The van der Waals surface area contributed by atoms with Gasteiger partial charge in [0.1, 0.15) is 31.0 Å². The highest BCUT2D eigenvalue weighted by molar-refractivity contribution is 5.87. The first kappa shape index (κ1) is 9.92. The normalized spacial score (nSPS) is 9.94. The van der Waals surface area contributed by atoms with Gasteiger partial charge in [0.25, 0.3) is 5.82 Å². The first-order valence-electron chi connectivity index (χ1n) is 4.29. The summed E-state index contributed by atoms with van der Waals surface area (Å²) in [5.41, 5.74) is 0.0793. The molecule has 0 fully saturated rings. The minimum atomic E-state index is -1.05. The number of aromatic nitrogens is 3. The summed E-state index contributed by atoms with van der Waals surface area (Å²) in [5, 5.41) is 21.0. The van der Waals surface area contributed by atoms with Gasteiger partial charge < -0.3 is 9.52 Å². The fourth-order valence-electron chi connectivity index (χ4n) is 1.16. The zero-order valence-electron chi connectivity index (χ0n) is 7.99. The molecule has 0 aliphatic heterocycles. The van der Waals surface area contributed by atoms with Crippen molar-refractivity contribution >= 4 is 5.97 Å². The lowest BCUT2D eigenvalue weighted by molar-refractivity contribution is 0.0696. The van der Waals surface area contributed by atoms with Crippen LogP contribution in [0.15, 0.2) is 23.1 Å². The predicted octanol–water partition coefficient (Wildman–Crippen LogP) is 0.489. The second-order valence-corrected chi connectivity index (χ2v) is 2.98. The first-order valence-corrected chi connectivity index (χ1v) is 4.29. The van der Waals surface area contributed by atoms with Gasteiger partial charge in [0.2, 0.25) is 0 Å². The quantitative estimate of drug-likeness (QED) is 0.803. The predicted molar refractivity (Wildman–Crippen MR) is 49.5 cm³/mol. The standard InChI is InChI=1S/C9H6N4O3/c10-2-8-11-5-13(12-8)3-7-1-6(4-16-7)9(14)15/h1,4-5H,3H2,(H,14,15). The second kappa shape index (κ2) is 3.86. The van der Waals surface area contributed by atoms with Crippen molar-refractivity contribution in [3.8, 4) is 6.07 Å². The van der Waals surface area contributed by atoms with Gasteiger partial charge in [-0.3, -0.25) is 0 Å². The molecule has 0 saturated carbocycles. The van der Waals surface area contributed by atoms with E-state index in [-0.39, 0.29) is 17.9 Å². The van der Waals surface area contributed by atoms with Gasteiger partial charge in [-0.05, 0) is 6.07 Å². The van der Waals surface area contributed by atoms with Crippen molar-refractivity contribution in [3.05, 3.63) is 35.8 Å². The lowest BCUT2D eigenvalue weighted by Crippen LogP contribution is -1.99. The smallest absolute Gasteiger partial charge is 0.338 e. The molecule has 2 aromatic heterocycles. The molecule has 16 heavy (non-hydrogen) atoms. The molecule has 2 rings (SSSR count). The Balaban J connectivity index is 2.14. The zero-order chi connectivity index (χ0) is 11.5. The van der Waals surface area contributed by atoms with Gasteiger partial charge in [-0.15, -0.1) is 5.10 Å². The van der Waals surface area contributed by atoms with Crippen LogP contribution in [0.25, 0.3) is 0 Å². The maximum atomic E-state index is 10.6. The molecule has 0 saturated heterocycles. The van der Waals surface area contributed by atoms with Crippen LogP contribution in [-0.2, 0) is 6.54 Å². The van der Waals surface area contributed by atoms with Crippen LogP contribution in [-0.4, -0.2) is 25.8 Å². The third-order valence-corrected chi connectivity index (χ3v) is 1.86. The molecule has 0 aliphatic rings. The molecule has 0 bridgehead atoms. The number of nitrogens with zero attached hydrogens (tertiary/aromatic N) is 4. The Morgan fingerprint density at radius 3 is 3.06 bits per heavy atom. The van der Waals surface area contributed by atoms with E-state index < -0.39 is 5.97 Å². The Kier molecular flexibility index (Phi) is 2.39. The average molecular weight is 218 g/mol. The highest BCUT2D eigenvalue weighted by Gasteiger charge is 2.09. The SMILES string of the molecule is N#Cc1ncn(Cc2cc(C(=O)O)co2)n1. The molecule has 0 aromatic carbocycles. The third-order valence-electron chi connectivity index (χ3n) is 1.86. The van der Waals surface area contributed by atoms with Crippen molar-refractivity contribution in [1.82, 2.24) is 14.8 Å². The minimum Gasteiger partial charge on any atom is -0.478 e. The Hall–Kier alpha value is -2.62. The number of aromatic carboxylic acids is 1. The Labute approximate surface area is 89.6 Å². The summed E-state index contributed by atoms with van der Waals surface area (Å²) in [6.45, 7) is 0.238. The molecule has 7 nitrogen and oxygen atoms in total. The maximum absolute atomic E-state index is 10.6. The number of furan rings is 1. The molecule has 2 aromatic rings. The van der Waals surface area contributed by atoms with E-state index in [1.54, 1.807) is 6.07 Å². The summed E-state index contributed by atoms with van der Waals surface area (Å²) in [5.74, 6) is -0.553. The fourth-order valence-corrected chi connectivity index (χ4v) is 1.16. The summed E-state index contributed by atoms with van der Waals surface area (Å²) in [6, 6.07) is 3.19. The number of carboxylic acids is 1. The Morgan fingerprint density at radius 2 is 2.50 bits per heavy atom. The van der Waals surface area contributed by atoms with E-state index in [1.165, 1.54) is 17.1 Å². The molecule has 0 spiro atoms. The second-order valence-electron chi connectivity index (χ2n) is 2.98. The molecule has 7 heteroatoms. The highest BCUT2D eigenvalue weighted by Crippen LogP contribution is 2.08. The van der Waals surface area contributed by atoms with E-state index in [0.717, 1.165) is 6.26 Å². The molecule has 80 valence electrons. The molecule has 0 amide bonds. The van der Waals surface area contributed by atoms with Gasteiger partial charge in [-0.1, -0.05) is 0 Å². The van der Waals surface area contributed by atoms with Crippen molar-refractivity contribution < 1.29 is 14.3 Å². The number of carboxylic acid groups (broad SMARTS) is 1. The van der Waals surface area contributed by atoms with E-state index >= 15 is 0 Å². The van der Waals surface area contributed by atoms with E-state index in [2.05, 4.69) is 10.1 Å². The number of hydrogen-bond acceptors (Lipinski definition) is 5. The Morgan fingerprint density at radius 1 is 1.69 bits per heavy atom. The van der Waals surface area contributed by atoms with Crippen LogP contribution < -0.4 is 0 Å². The molecule has 1 N–H and O–H groups in total. The number of carbonyl (C=O) groups is 1. The molecule has 0 aliphatic carbocycles. The van der Waals surface area contributed by atoms with Crippen molar-refractivity contribution in [1.29, 1.82) is 5.26 Å². The zero-order valence-corrected chi connectivity index (χ0v) is 7.99. The molecular formula is C9H6N4O3. The van der Waals surface area contributed by atoms with Gasteiger partial charge in [-0.25, -0.2) is 14.5 Å². The van der Waals surface area contributed by atoms with Gasteiger partial charge in [-0.2, -0.15) is 5.26 Å². The summed E-state index contributed by atoms with van der Waals surface area (Å²) in [7, 11) is 0. The van der Waals surface area contributed by atoms with Crippen LogP contribution in [0.3, 0.4) is 0 Å². The lowest BCUT2D eigenvalue weighted by atomic mass is 10.3. The maximum Gasteiger partial charge on any atom is 0.338 e. The molecule has 0 radical (unpaired) electrons. The van der Waals surface area contributed by atoms with Crippen LogP contribution in [0.4, 0.5) is 0 Å². The van der Waals surface area contributed by atoms with Crippen molar-refractivity contribution in [2.75, 3.05) is 0 Å². The van der Waals surface area contributed by atoms with Crippen LogP contribution >= 0.6 is 0 Å². The van der Waals surface area contributed by atoms with Gasteiger partial charge in [0.15, 0.2) is 0 Å². The summed E-state index contributed by atoms with van der Waals surface area (Å²) >= 11 is 0. The van der Waals surface area contributed by atoms with Crippen LogP contribution in [0.1, 0.15) is 21.9 Å². The van der Waals surface area contributed by atoms with Crippen molar-refractivity contribution in [3.63, 3.8) is 0 Å². The molecular weight excluding hydrogens is 212 g/mol. The Bertz CT molecular complexity index is 563. The van der Waals surface area contributed by atoms with E-state index in [1.807, 2.05) is 0 Å². The molecule has 0 atom stereocenters. The van der Waals surface area contributed by atoms with Gasteiger partial charge in [0.05, 0.1) is 5.56 Å². The number of rotatable bonds is 3. The van der Waals surface area contributed by atoms with Crippen molar-refractivity contribution in [2.45, 2.75) is 6.54 Å². The van der Waals surface area contributed by atoms with E-state index in [0.29, 0.717) is 5.76 Å². The monoisotopic (exact) mass is 218 g/mol. The summed E-state index contributed by atoms with van der Waals surface area (Å²) in [4.78, 5) is 14.3. The largest absolute Gasteiger partial charge is 0.478 e. The minimum absolute atomic E-state index is 0.0602. The number of nitriles is 1. The van der Waals surface area contributed by atoms with Gasteiger partial charge >= 0.3 is 5.97 Å². The lowest BCUT2D eigenvalue weighted by Gasteiger charge is -1.94. The van der Waals surface area contributed by atoms with Crippen LogP contribution in [0, 0.1) is 11.3 Å². The third kappa shape index (κ3) is 1.90. The highest BCUT2D eigenvalue weighted by atomic mass is 16.4. The molecule has 0 unspecified atom stereocenters. The van der Waals surface area contributed by atoms with Crippen LogP contribution in [0.5, 0.6) is 0 Å². The number of hydrogen-bond donors (Lipinski definition) is 1. The fraction of sp³-hybridized carbons (Fsp3) is 0.111. The van der Waals surface area contributed by atoms with Crippen molar-refractivity contribution in [2.24, 2.45) is 0 Å². The first-order chi connectivity index (χ1) is 7.69.